The molecular weight excluding hydrogens is 258 g/mol. The Morgan fingerprint density at radius 1 is 1.40 bits per heavy atom. The Morgan fingerprint density at radius 3 is 3.00 bits per heavy atom. The summed E-state index contributed by atoms with van der Waals surface area (Å²) >= 11 is 0. The van der Waals surface area contributed by atoms with E-state index in [2.05, 4.69) is 10.3 Å². The Morgan fingerprint density at radius 2 is 2.20 bits per heavy atom. The highest BCUT2D eigenvalue weighted by molar-refractivity contribution is 5.91. The maximum Gasteiger partial charge on any atom is 0.244 e. The summed E-state index contributed by atoms with van der Waals surface area (Å²) in [6, 6.07) is 3.31. The molecule has 0 aliphatic carbocycles. The van der Waals surface area contributed by atoms with Crippen LogP contribution in [0.5, 0.6) is 0 Å². The number of carbonyl (C=O) groups excluding carboxylic acids is 1. The molecule has 1 N–H and O–H groups in total. The molecule has 1 fully saturated rings. The van der Waals surface area contributed by atoms with Crippen molar-refractivity contribution in [2.45, 2.75) is 13.0 Å². The minimum atomic E-state index is -0.332. The largest absolute Gasteiger partial charge is 0.464 e. The zero-order chi connectivity index (χ0) is 13.9. The van der Waals surface area contributed by atoms with Gasteiger partial charge in [-0.05, 0) is 19.1 Å². The average Bonchev–Trinajstić information content (AvgIpc) is 2.97. The van der Waals surface area contributed by atoms with Crippen molar-refractivity contribution in [1.29, 1.82) is 0 Å². The third-order valence-corrected chi connectivity index (χ3v) is 3.43. The first-order valence-electron chi connectivity index (χ1n) is 6.71. The van der Waals surface area contributed by atoms with Gasteiger partial charge in [-0.2, -0.15) is 0 Å². The number of aromatic nitrogens is 1. The lowest BCUT2D eigenvalue weighted by Gasteiger charge is -2.29. The Labute approximate surface area is 116 Å². The Balaban J connectivity index is 1.73. The highest BCUT2D eigenvalue weighted by Gasteiger charge is 2.23. The molecule has 1 saturated heterocycles. The first kappa shape index (κ1) is 12.9. The number of amides is 1. The Kier molecular flexibility index (Phi) is 3.56. The van der Waals surface area contributed by atoms with Crippen molar-refractivity contribution in [2.24, 2.45) is 0 Å². The number of furan rings is 1. The van der Waals surface area contributed by atoms with Gasteiger partial charge in [0, 0.05) is 19.3 Å². The van der Waals surface area contributed by atoms with Crippen LogP contribution in [0.4, 0.5) is 5.82 Å². The summed E-state index contributed by atoms with van der Waals surface area (Å²) in [7, 11) is 0. The van der Waals surface area contributed by atoms with Crippen LogP contribution >= 0.6 is 0 Å². The number of hydrogen-bond acceptors (Lipinski definition) is 5. The van der Waals surface area contributed by atoms with Crippen LogP contribution in [0.25, 0.3) is 11.0 Å². The molecule has 1 atom stereocenters. The standard InChI is InChI=1S/C14H17N3O3/c1-10(14(18)17-5-8-19-9-6-17)16-13-11-3-7-20-12(11)2-4-15-13/h2-4,7,10H,5-6,8-9H2,1H3,(H,15,16). The van der Waals surface area contributed by atoms with Gasteiger partial charge in [0.2, 0.25) is 5.91 Å². The van der Waals surface area contributed by atoms with Gasteiger partial charge in [0.05, 0.1) is 24.9 Å². The third-order valence-electron chi connectivity index (χ3n) is 3.43. The number of carbonyl (C=O) groups is 1. The SMILES string of the molecule is CC(Nc1nccc2occc12)C(=O)N1CCOCC1. The summed E-state index contributed by atoms with van der Waals surface area (Å²) in [5, 5.41) is 4.05. The van der Waals surface area contributed by atoms with Crippen molar-refractivity contribution >= 4 is 22.7 Å². The number of nitrogens with one attached hydrogen (secondary N) is 1. The predicted octanol–water partition coefficient (Wildman–Crippen LogP) is 1.49. The van der Waals surface area contributed by atoms with Gasteiger partial charge < -0.3 is 19.4 Å². The van der Waals surface area contributed by atoms with Crippen molar-refractivity contribution in [3.63, 3.8) is 0 Å². The lowest BCUT2D eigenvalue weighted by atomic mass is 10.2. The zero-order valence-electron chi connectivity index (χ0n) is 11.3. The van der Waals surface area contributed by atoms with Crippen molar-refractivity contribution in [1.82, 2.24) is 9.88 Å². The maximum atomic E-state index is 12.3. The fourth-order valence-electron chi connectivity index (χ4n) is 2.33. The number of morpholine rings is 1. The maximum absolute atomic E-state index is 12.3. The van der Waals surface area contributed by atoms with Crippen molar-refractivity contribution < 1.29 is 13.9 Å². The Hall–Kier alpha value is -2.08. The van der Waals surface area contributed by atoms with E-state index in [0.29, 0.717) is 32.1 Å². The third kappa shape index (κ3) is 2.46. The van der Waals surface area contributed by atoms with Gasteiger partial charge in [-0.3, -0.25) is 4.79 Å². The molecule has 20 heavy (non-hydrogen) atoms. The molecule has 0 aromatic carbocycles. The number of nitrogens with zero attached hydrogens (tertiary/aromatic N) is 2. The van der Waals surface area contributed by atoms with E-state index in [0.717, 1.165) is 11.0 Å². The molecular formula is C14H17N3O3. The molecule has 1 aliphatic rings. The molecule has 0 bridgehead atoms. The van der Waals surface area contributed by atoms with Gasteiger partial charge >= 0.3 is 0 Å². The normalized spacial score (nSPS) is 17.1. The fraction of sp³-hybridized carbons (Fsp3) is 0.429. The van der Waals surface area contributed by atoms with E-state index >= 15 is 0 Å². The first-order chi connectivity index (χ1) is 9.75. The second-order valence-corrected chi connectivity index (χ2v) is 4.80. The molecule has 0 spiro atoms. The molecule has 6 heteroatoms. The van der Waals surface area contributed by atoms with Gasteiger partial charge in [0.25, 0.3) is 0 Å². The van der Waals surface area contributed by atoms with Crippen molar-refractivity contribution in [2.75, 3.05) is 31.6 Å². The van der Waals surface area contributed by atoms with E-state index in [4.69, 9.17) is 9.15 Å². The number of pyridine rings is 1. The molecule has 0 saturated carbocycles. The van der Waals surface area contributed by atoms with Crippen LogP contribution in [0.15, 0.2) is 29.0 Å². The van der Waals surface area contributed by atoms with E-state index in [9.17, 15) is 4.79 Å². The highest BCUT2D eigenvalue weighted by Crippen LogP contribution is 2.22. The lowest BCUT2D eigenvalue weighted by molar-refractivity contribution is -0.135. The van der Waals surface area contributed by atoms with Gasteiger partial charge in [-0.1, -0.05) is 0 Å². The molecule has 6 nitrogen and oxygen atoms in total. The van der Waals surface area contributed by atoms with Crippen LogP contribution in [0, 0.1) is 0 Å². The minimum absolute atomic E-state index is 0.0654. The summed E-state index contributed by atoms with van der Waals surface area (Å²) in [6.07, 6.45) is 3.28. The van der Waals surface area contributed by atoms with Gasteiger partial charge in [-0.25, -0.2) is 4.98 Å². The van der Waals surface area contributed by atoms with Crippen molar-refractivity contribution in [3.8, 4) is 0 Å². The highest BCUT2D eigenvalue weighted by atomic mass is 16.5. The average molecular weight is 275 g/mol. The van der Waals surface area contributed by atoms with Crippen LogP contribution in [-0.4, -0.2) is 48.1 Å². The number of hydrogen-bond donors (Lipinski definition) is 1. The smallest absolute Gasteiger partial charge is 0.244 e. The summed E-state index contributed by atoms with van der Waals surface area (Å²) in [5.41, 5.74) is 0.758. The summed E-state index contributed by atoms with van der Waals surface area (Å²) in [4.78, 5) is 18.4. The summed E-state index contributed by atoms with van der Waals surface area (Å²) in [6.45, 7) is 4.35. The second kappa shape index (κ2) is 5.50. The van der Waals surface area contributed by atoms with E-state index in [-0.39, 0.29) is 11.9 Å². The molecule has 1 amide bonds. The number of rotatable bonds is 3. The molecule has 1 aliphatic heterocycles. The Bertz CT molecular complexity index is 604. The van der Waals surface area contributed by atoms with Gasteiger partial charge in [0.15, 0.2) is 0 Å². The monoisotopic (exact) mass is 275 g/mol. The quantitative estimate of drug-likeness (QED) is 0.919. The second-order valence-electron chi connectivity index (χ2n) is 4.80. The number of anilines is 1. The van der Waals surface area contributed by atoms with Crippen LogP contribution in [0.3, 0.4) is 0 Å². The van der Waals surface area contributed by atoms with Crippen LogP contribution in [-0.2, 0) is 9.53 Å². The predicted molar refractivity (Wildman–Crippen MR) is 74.5 cm³/mol. The molecule has 0 radical (unpaired) electrons. The number of fused-ring (bicyclic) bond motifs is 1. The van der Waals surface area contributed by atoms with Crippen LogP contribution < -0.4 is 5.32 Å². The first-order valence-corrected chi connectivity index (χ1v) is 6.71. The van der Waals surface area contributed by atoms with Gasteiger partial charge in [0.1, 0.15) is 17.4 Å². The topological polar surface area (TPSA) is 67.6 Å². The fourth-order valence-corrected chi connectivity index (χ4v) is 2.33. The summed E-state index contributed by atoms with van der Waals surface area (Å²) < 4.78 is 10.6. The van der Waals surface area contributed by atoms with E-state index in [1.165, 1.54) is 0 Å². The summed E-state index contributed by atoms with van der Waals surface area (Å²) in [5.74, 6) is 0.737. The zero-order valence-corrected chi connectivity index (χ0v) is 11.3. The molecule has 3 rings (SSSR count). The van der Waals surface area contributed by atoms with Crippen molar-refractivity contribution in [3.05, 3.63) is 24.6 Å². The minimum Gasteiger partial charge on any atom is -0.464 e. The molecule has 2 aromatic heterocycles. The molecule has 3 heterocycles. The van der Waals surface area contributed by atoms with E-state index in [1.807, 2.05) is 17.9 Å². The number of ether oxygens (including phenoxy) is 1. The van der Waals surface area contributed by atoms with Crippen LogP contribution in [0.2, 0.25) is 0 Å². The molecule has 1 unspecified atom stereocenters. The van der Waals surface area contributed by atoms with Gasteiger partial charge in [-0.15, -0.1) is 0 Å². The molecule has 2 aromatic rings. The van der Waals surface area contributed by atoms with E-state index < -0.39 is 0 Å². The molecule has 106 valence electrons. The lowest BCUT2D eigenvalue weighted by Crippen LogP contribution is -2.47. The van der Waals surface area contributed by atoms with Crippen LogP contribution in [0.1, 0.15) is 6.92 Å². The van der Waals surface area contributed by atoms with E-state index in [1.54, 1.807) is 18.5 Å².